The summed E-state index contributed by atoms with van der Waals surface area (Å²) in [5.74, 6) is 0.417. The molecule has 1 aromatic carbocycles. The first-order valence-electron chi connectivity index (χ1n) is 15.1. The van der Waals surface area contributed by atoms with Gasteiger partial charge in [-0.2, -0.15) is 13.2 Å². The third-order valence-corrected chi connectivity index (χ3v) is 9.65. The molecule has 3 aliphatic rings. The van der Waals surface area contributed by atoms with Gasteiger partial charge < -0.3 is 10.0 Å². The van der Waals surface area contributed by atoms with Crippen LogP contribution >= 0.6 is 0 Å². The molecule has 1 saturated carbocycles. The molecule has 5 nitrogen and oxygen atoms in total. The normalized spacial score (nSPS) is 23.9. The number of aryl methyl sites for hydroxylation is 1. The van der Waals surface area contributed by atoms with Crippen molar-refractivity contribution in [2.75, 3.05) is 32.7 Å². The first-order valence-corrected chi connectivity index (χ1v) is 15.1. The summed E-state index contributed by atoms with van der Waals surface area (Å²) in [4.78, 5) is 20.9. The standard InChI is InChI=1S/C32H41F4N3O2/c33-27-8-3-7-24(17-27)29-21-39(30(31(40)41)16-23-5-1-6-23)20-25(29)19-38-14-12-22(13-15-38)4-2-9-28-11-10-26(18-37-28)32(34,35)36/h3,7-8,10-11,17-18,22-23,25,29-30H,1-2,4-6,9,12-16,19-21H2,(H,40,41). The lowest BCUT2D eigenvalue weighted by Crippen LogP contribution is -2.43. The number of nitrogens with zero attached hydrogens (tertiary/aromatic N) is 3. The molecular weight excluding hydrogens is 534 g/mol. The van der Waals surface area contributed by atoms with Gasteiger partial charge in [0.15, 0.2) is 0 Å². The number of carboxylic acids is 1. The number of likely N-dealkylation sites (tertiary alicyclic amines) is 2. The Morgan fingerprint density at radius 3 is 2.44 bits per heavy atom. The van der Waals surface area contributed by atoms with Crippen LogP contribution in [0.5, 0.6) is 0 Å². The Balaban J connectivity index is 1.13. The molecule has 3 fully saturated rings. The van der Waals surface area contributed by atoms with Crippen LogP contribution in [-0.4, -0.2) is 64.6 Å². The summed E-state index contributed by atoms with van der Waals surface area (Å²) in [6, 6.07) is 8.90. The number of hydrogen-bond donors (Lipinski definition) is 1. The van der Waals surface area contributed by atoms with Gasteiger partial charge in [-0.3, -0.25) is 14.7 Å². The molecule has 2 aromatic rings. The van der Waals surface area contributed by atoms with E-state index in [1.54, 1.807) is 12.1 Å². The average molecular weight is 576 g/mol. The molecule has 5 rings (SSSR count). The molecule has 9 heteroatoms. The molecule has 1 aliphatic carbocycles. The maximum absolute atomic E-state index is 14.2. The van der Waals surface area contributed by atoms with Crippen molar-refractivity contribution in [1.29, 1.82) is 0 Å². The van der Waals surface area contributed by atoms with Crippen molar-refractivity contribution in [3.8, 4) is 0 Å². The summed E-state index contributed by atoms with van der Waals surface area (Å²) in [6.45, 7) is 4.17. The highest BCUT2D eigenvalue weighted by Gasteiger charge is 2.41. The number of hydrogen-bond acceptors (Lipinski definition) is 4. The van der Waals surface area contributed by atoms with Gasteiger partial charge in [-0.15, -0.1) is 0 Å². The van der Waals surface area contributed by atoms with Crippen molar-refractivity contribution in [2.24, 2.45) is 17.8 Å². The second-order valence-electron chi connectivity index (χ2n) is 12.4. The van der Waals surface area contributed by atoms with Crippen LogP contribution in [0, 0.1) is 23.6 Å². The van der Waals surface area contributed by atoms with Crippen molar-refractivity contribution >= 4 is 5.97 Å². The van der Waals surface area contributed by atoms with Gasteiger partial charge in [0.1, 0.15) is 11.9 Å². The lowest BCUT2D eigenvalue weighted by Gasteiger charge is -2.35. The molecule has 0 amide bonds. The fraction of sp³-hybridized carbons (Fsp3) is 0.625. The Labute approximate surface area is 239 Å². The monoisotopic (exact) mass is 575 g/mol. The predicted octanol–water partition coefficient (Wildman–Crippen LogP) is 6.63. The van der Waals surface area contributed by atoms with E-state index in [0.717, 1.165) is 76.0 Å². The Kier molecular flexibility index (Phi) is 9.64. The number of aromatic nitrogens is 1. The first-order chi connectivity index (χ1) is 19.7. The van der Waals surface area contributed by atoms with Crippen LogP contribution in [0.4, 0.5) is 17.6 Å². The number of benzene rings is 1. The van der Waals surface area contributed by atoms with Crippen molar-refractivity contribution < 1.29 is 27.5 Å². The van der Waals surface area contributed by atoms with Gasteiger partial charge in [0.25, 0.3) is 0 Å². The van der Waals surface area contributed by atoms with Crippen LogP contribution in [0.2, 0.25) is 0 Å². The van der Waals surface area contributed by atoms with E-state index in [4.69, 9.17) is 0 Å². The van der Waals surface area contributed by atoms with Gasteiger partial charge >= 0.3 is 12.1 Å². The van der Waals surface area contributed by atoms with Gasteiger partial charge in [0.05, 0.1) is 5.56 Å². The number of rotatable bonds is 11. The van der Waals surface area contributed by atoms with E-state index in [1.165, 1.54) is 18.6 Å². The number of aliphatic carboxylic acids is 1. The highest BCUT2D eigenvalue weighted by molar-refractivity contribution is 5.73. The molecular formula is C32H41F4N3O2. The van der Waals surface area contributed by atoms with E-state index in [0.29, 0.717) is 43.5 Å². The predicted molar refractivity (Wildman–Crippen MR) is 149 cm³/mol. The Morgan fingerprint density at radius 1 is 1.05 bits per heavy atom. The summed E-state index contributed by atoms with van der Waals surface area (Å²) in [5.41, 5.74) is 0.939. The number of pyridine rings is 1. The van der Waals surface area contributed by atoms with Gasteiger partial charge in [0.2, 0.25) is 0 Å². The van der Waals surface area contributed by atoms with Gasteiger partial charge in [0, 0.05) is 37.4 Å². The Hall–Kier alpha value is -2.52. The molecule has 2 saturated heterocycles. The van der Waals surface area contributed by atoms with E-state index in [2.05, 4.69) is 14.8 Å². The fourth-order valence-electron chi connectivity index (χ4n) is 7.01. The number of piperidine rings is 1. The van der Waals surface area contributed by atoms with E-state index < -0.39 is 23.8 Å². The van der Waals surface area contributed by atoms with E-state index in [-0.39, 0.29) is 17.7 Å². The molecule has 0 radical (unpaired) electrons. The summed E-state index contributed by atoms with van der Waals surface area (Å²) < 4.78 is 52.4. The van der Waals surface area contributed by atoms with Crippen molar-refractivity contribution in [3.05, 3.63) is 65.2 Å². The zero-order valence-corrected chi connectivity index (χ0v) is 23.5. The third-order valence-electron chi connectivity index (χ3n) is 9.65. The second-order valence-corrected chi connectivity index (χ2v) is 12.4. The number of carbonyl (C=O) groups is 1. The van der Waals surface area contributed by atoms with E-state index in [9.17, 15) is 27.5 Å². The quantitative estimate of drug-likeness (QED) is 0.305. The highest BCUT2D eigenvalue weighted by atomic mass is 19.4. The van der Waals surface area contributed by atoms with Crippen LogP contribution in [0.3, 0.4) is 0 Å². The molecule has 0 bridgehead atoms. The van der Waals surface area contributed by atoms with Crippen molar-refractivity contribution in [2.45, 2.75) is 75.9 Å². The topological polar surface area (TPSA) is 56.7 Å². The smallest absolute Gasteiger partial charge is 0.417 e. The molecule has 41 heavy (non-hydrogen) atoms. The number of halogens is 4. The fourth-order valence-corrected chi connectivity index (χ4v) is 7.01. The van der Waals surface area contributed by atoms with E-state index >= 15 is 0 Å². The largest absolute Gasteiger partial charge is 0.480 e. The molecule has 2 aliphatic heterocycles. The third kappa shape index (κ3) is 7.86. The number of carboxylic acid groups (broad SMARTS) is 1. The lowest BCUT2D eigenvalue weighted by molar-refractivity contribution is -0.144. The molecule has 3 atom stereocenters. The Morgan fingerprint density at radius 2 is 1.83 bits per heavy atom. The molecule has 224 valence electrons. The van der Waals surface area contributed by atoms with Crippen molar-refractivity contribution in [3.63, 3.8) is 0 Å². The zero-order chi connectivity index (χ0) is 29.0. The summed E-state index contributed by atoms with van der Waals surface area (Å²) in [5, 5.41) is 10.1. The molecule has 3 heterocycles. The van der Waals surface area contributed by atoms with Gasteiger partial charge in [-0.1, -0.05) is 31.4 Å². The maximum Gasteiger partial charge on any atom is 0.417 e. The molecule has 3 unspecified atom stereocenters. The summed E-state index contributed by atoms with van der Waals surface area (Å²) >= 11 is 0. The average Bonchev–Trinajstić information content (AvgIpc) is 3.32. The van der Waals surface area contributed by atoms with Crippen LogP contribution in [-0.2, 0) is 17.4 Å². The minimum atomic E-state index is -4.36. The van der Waals surface area contributed by atoms with Crippen LogP contribution in [0.15, 0.2) is 42.6 Å². The minimum Gasteiger partial charge on any atom is -0.480 e. The van der Waals surface area contributed by atoms with Crippen LogP contribution in [0.25, 0.3) is 0 Å². The summed E-state index contributed by atoms with van der Waals surface area (Å²) in [7, 11) is 0. The zero-order valence-electron chi connectivity index (χ0n) is 23.5. The number of alkyl halides is 3. The molecule has 1 N–H and O–H groups in total. The van der Waals surface area contributed by atoms with Crippen molar-refractivity contribution in [1.82, 2.24) is 14.8 Å². The van der Waals surface area contributed by atoms with E-state index in [1.807, 2.05) is 6.07 Å². The summed E-state index contributed by atoms with van der Waals surface area (Å²) in [6.07, 6.45) is 5.43. The lowest BCUT2D eigenvalue weighted by atomic mass is 9.80. The Bertz CT molecular complexity index is 1150. The molecule has 1 aromatic heterocycles. The minimum absolute atomic E-state index is 0.0999. The maximum atomic E-state index is 14.2. The first kappa shape index (κ1) is 30.0. The molecule has 0 spiro atoms. The SMILES string of the molecule is O=C(O)C(CC1CCC1)N1CC(CN2CCC(CCCc3ccc(C(F)(F)F)cn3)CC2)C(c2cccc(F)c2)C1. The van der Waals surface area contributed by atoms with Gasteiger partial charge in [-0.25, -0.2) is 4.39 Å². The van der Waals surface area contributed by atoms with Crippen LogP contribution < -0.4 is 0 Å². The highest BCUT2D eigenvalue weighted by Crippen LogP contribution is 2.39. The van der Waals surface area contributed by atoms with Gasteiger partial charge in [-0.05, 0) is 99.2 Å². The van der Waals surface area contributed by atoms with Crippen LogP contribution in [0.1, 0.15) is 74.1 Å². The second kappa shape index (κ2) is 13.2.